The molecule has 0 aliphatic carbocycles. The van der Waals surface area contributed by atoms with Crippen LogP contribution in [0.2, 0.25) is 0 Å². The highest BCUT2D eigenvalue weighted by molar-refractivity contribution is 6.26. The average Bonchev–Trinajstić information content (AvgIpc) is 3.94. The summed E-state index contributed by atoms with van der Waals surface area (Å²) in [6.07, 6.45) is 0. The van der Waals surface area contributed by atoms with Crippen molar-refractivity contribution >= 4 is 81.9 Å². The first kappa shape index (κ1) is 32.8. The standard InChI is InChI=1S/C54H31N5/c1-56-44-32-50(58-47-27-25-36(34-14-4-2-5-15-34)30-43(47)52-39-19-9-8-16-35(39)24-28-48(52)58)37(33-55)31-51(44)59-46-23-13-11-21-42(46)53-49(59)29-26-41-40-20-10-12-22-45(40)57(54(41)53)38-17-6-3-7-18-38/h2-32H. The highest BCUT2D eigenvalue weighted by atomic mass is 15.0. The van der Waals surface area contributed by atoms with Crippen LogP contribution in [0.5, 0.6) is 0 Å². The smallest absolute Gasteiger partial charge is 0.212 e. The number of benzene rings is 9. The number of rotatable bonds is 4. The van der Waals surface area contributed by atoms with Gasteiger partial charge >= 0.3 is 0 Å². The predicted octanol–water partition coefficient (Wildman–Crippen LogP) is 14.2. The Balaban J connectivity index is 1.16. The van der Waals surface area contributed by atoms with Gasteiger partial charge in [-0.1, -0.05) is 127 Å². The zero-order chi connectivity index (χ0) is 39.2. The van der Waals surface area contributed by atoms with Crippen LogP contribution < -0.4 is 0 Å². The minimum absolute atomic E-state index is 0.460. The Morgan fingerprint density at radius 2 is 1.03 bits per heavy atom. The summed E-state index contributed by atoms with van der Waals surface area (Å²) < 4.78 is 6.72. The molecule has 9 aromatic carbocycles. The normalized spacial score (nSPS) is 11.7. The summed E-state index contributed by atoms with van der Waals surface area (Å²) in [5.41, 5.74) is 11.8. The van der Waals surface area contributed by atoms with E-state index in [1.54, 1.807) is 0 Å². The summed E-state index contributed by atoms with van der Waals surface area (Å²) >= 11 is 0. The van der Waals surface area contributed by atoms with Crippen molar-refractivity contribution in [3.63, 3.8) is 0 Å². The minimum Gasteiger partial charge on any atom is -0.319 e. The predicted molar refractivity (Wildman–Crippen MR) is 243 cm³/mol. The van der Waals surface area contributed by atoms with Crippen LogP contribution in [0.25, 0.3) is 109 Å². The summed E-state index contributed by atoms with van der Waals surface area (Å²) in [4.78, 5) is 4.21. The van der Waals surface area contributed by atoms with Gasteiger partial charge in [-0.25, -0.2) is 4.85 Å². The van der Waals surface area contributed by atoms with Gasteiger partial charge in [-0.2, -0.15) is 5.26 Å². The van der Waals surface area contributed by atoms with Gasteiger partial charge < -0.3 is 13.7 Å². The number of hydrogen-bond donors (Lipinski definition) is 0. The molecule has 0 aliphatic heterocycles. The van der Waals surface area contributed by atoms with Crippen molar-refractivity contribution in [2.75, 3.05) is 0 Å². The fraction of sp³-hybridized carbons (Fsp3) is 0. The van der Waals surface area contributed by atoms with Gasteiger partial charge in [-0.15, -0.1) is 0 Å². The van der Waals surface area contributed by atoms with Crippen molar-refractivity contribution in [1.82, 2.24) is 13.7 Å². The molecule has 0 spiro atoms. The van der Waals surface area contributed by atoms with Crippen molar-refractivity contribution in [3.8, 4) is 34.3 Å². The van der Waals surface area contributed by atoms with Crippen molar-refractivity contribution in [3.05, 3.63) is 205 Å². The summed E-state index contributed by atoms with van der Waals surface area (Å²) in [6, 6.07) is 68.0. The number of nitriles is 1. The third-order valence-corrected chi connectivity index (χ3v) is 12.1. The Labute approximate surface area is 338 Å². The van der Waals surface area contributed by atoms with E-state index in [-0.39, 0.29) is 0 Å². The van der Waals surface area contributed by atoms with E-state index in [2.05, 4.69) is 182 Å². The van der Waals surface area contributed by atoms with Crippen LogP contribution in [0.3, 0.4) is 0 Å². The Bertz CT molecular complexity index is 3790. The molecule has 0 amide bonds. The van der Waals surface area contributed by atoms with E-state index in [1.807, 2.05) is 30.3 Å². The molecule has 59 heavy (non-hydrogen) atoms. The molecule has 0 N–H and O–H groups in total. The third kappa shape index (κ3) is 4.65. The van der Waals surface area contributed by atoms with E-state index in [9.17, 15) is 5.26 Å². The lowest BCUT2D eigenvalue weighted by Crippen LogP contribution is -2.01. The Kier molecular flexibility index (Phi) is 6.99. The number of aromatic nitrogens is 3. The maximum Gasteiger partial charge on any atom is 0.212 e. The van der Waals surface area contributed by atoms with Crippen LogP contribution in [0.4, 0.5) is 5.69 Å². The quantitative estimate of drug-likeness (QED) is 0.165. The molecule has 12 aromatic rings. The van der Waals surface area contributed by atoms with E-state index in [1.165, 1.54) is 5.39 Å². The molecule has 0 fully saturated rings. The second-order valence-electron chi connectivity index (χ2n) is 15.1. The number of hydrogen-bond acceptors (Lipinski definition) is 1. The van der Waals surface area contributed by atoms with Gasteiger partial charge in [0.15, 0.2) is 0 Å². The summed E-state index contributed by atoms with van der Waals surface area (Å²) in [6.45, 7) is 8.68. The fourth-order valence-corrected chi connectivity index (χ4v) is 9.58. The molecule has 5 heteroatoms. The van der Waals surface area contributed by atoms with Gasteiger partial charge in [-0.05, 0) is 82.6 Å². The zero-order valence-electron chi connectivity index (χ0n) is 31.6. The van der Waals surface area contributed by atoms with Crippen LogP contribution >= 0.6 is 0 Å². The Morgan fingerprint density at radius 1 is 0.424 bits per heavy atom. The fourth-order valence-electron chi connectivity index (χ4n) is 9.58. The van der Waals surface area contributed by atoms with Crippen LogP contribution in [-0.2, 0) is 0 Å². The SMILES string of the molecule is [C-]#[N+]c1cc(-n2c3ccc(-c4ccccc4)cc3c3c4ccccc4ccc32)c(C#N)cc1-n1c2ccccc2c2c1ccc1c3ccccc3n(-c3ccccc3)c12. The number of para-hydroxylation sites is 3. The minimum atomic E-state index is 0.460. The molecule has 0 atom stereocenters. The lowest BCUT2D eigenvalue weighted by molar-refractivity contribution is 1.14. The molecule has 0 bridgehead atoms. The molecule has 0 unspecified atom stereocenters. The molecule has 0 aliphatic rings. The van der Waals surface area contributed by atoms with E-state index >= 15 is 0 Å². The Hall–Kier alpha value is -8.38. The number of fused-ring (bicyclic) bond motifs is 12. The van der Waals surface area contributed by atoms with Crippen molar-refractivity contribution in [1.29, 1.82) is 5.26 Å². The van der Waals surface area contributed by atoms with Crippen molar-refractivity contribution in [2.24, 2.45) is 0 Å². The highest BCUT2D eigenvalue weighted by Gasteiger charge is 2.24. The molecular weight excluding hydrogens is 719 g/mol. The molecule has 12 rings (SSSR count). The van der Waals surface area contributed by atoms with Crippen LogP contribution in [0, 0.1) is 17.9 Å². The molecule has 3 heterocycles. The summed E-state index contributed by atoms with van der Waals surface area (Å²) in [7, 11) is 0. The van der Waals surface area contributed by atoms with Crippen molar-refractivity contribution < 1.29 is 0 Å². The highest BCUT2D eigenvalue weighted by Crippen LogP contribution is 2.45. The molecule has 5 nitrogen and oxygen atoms in total. The second kappa shape index (κ2) is 12.6. The van der Waals surface area contributed by atoms with E-state index in [0.29, 0.717) is 22.6 Å². The Morgan fingerprint density at radius 3 is 1.81 bits per heavy atom. The largest absolute Gasteiger partial charge is 0.319 e. The van der Waals surface area contributed by atoms with E-state index in [0.717, 1.165) is 87.6 Å². The van der Waals surface area contributed by atoms with Crippen molar-refractivity contribution in [2.45, 2.75) is 0 Å². The number of nitrogens with zero attached hydrogens (tertiary/aromatic N) is 5. The molecule has 0 saturated carbocycles. The topological polar surface area (TPSA) is 42.9 Å². The average molecular weight is 750 g/mol. The zero-order valence-corrected chi connectivity index (χ0v) is 31.6. The van der Waals surface area contributed by atoms with Gasteiger partial charge in [-0.3, -0.25) is 0 Å². The second-order valence-corrected chi connectivity index (χ2v) is 15.1. The van der Waals surface area contributed by atoms with E-state index in [4.69, 9.17) is 6.57 Å². The van der Waals surface area contributed by atoms with Gasteiger partial charge in [0.05, 0.1) is 56.6 Å². The van der Waals surface area contributed by atoms with Crippen LogP contribution in [0.15, 0.2) is 188 Å². The first-order valence-corrected chi connectivity index (χ1v) is 19.7. The maximum atomic E-state index is 11.1. The van der Waals surface area contributed by atoms with E-state index < -0.39 is 0 Å². The van der Waals surface area contributed by atoms with Gasteiger partial charge in [0.1, 0.15) is 6.07 Å². The molecule has 0 radical (unpaired) electrons. The molecular formula is C54H31N5. The summed E-state index contributed by atoms with van der Waals surface area (Å²) in [5, 5.41) is 20.1. The molecule has 0 saturated heterocycles. The molecule has 3 aromatic heterocycles. The van der Waals surface area contributed by atoms with Crippen LogP contribution in [0.1, 0.15) is 5.56 Å². The van der Waals surface area contributed by atoms with Gasteiger partial charge in [0.2, 0.25) is 5.69 Å². The lowest BCUT2D eigenvalue weighted by atomic mass is 10.0. The van der Waals surface area contributed by atoms with Crippen LogP contribution in [-0.4, -0.2) is 13.7 Å². The summed E-state index contributed by atoms with van der Waals surface area (Å²) in [5.74, 6) is 0. The third-order valence-electron chi connectivity index (χ3n) is 12.1. The lowest BCUT2D eigenvalue weighted by Gasteiger charge is -2.16. The maximum absolute atomic E-state index is 11.1. The van der Waals surface area contributed by atoms with Gasteiger partial charge in [0, 0.05) is 38.0 Å². The first-order chi connectivity index (χ1) is 29.2. The first-order valence-electron chi connectivity index (χ1n) is 19.7. The molecule has 272 valence electrons. The van der Waals surface area contributed by atoms with Gasteiger partial charge in [0.25, 0.3) is 0 Å². The monoisotopic (exact) mass is 749 g/mol.